The van der Waals surface area contributed by atoms with Crippen LogP contribution in [0, 0.1) is 11.8 Å². The highest BCUT2D eigenvalue weighted by Gasteiger charge is 2.40. The van der Waals surface area contributed by atoms with Crippen molar-refractivity contribution >= 4 is 35.1 Å². The van der Waals surface area contributed by atoms with E-state index in [4.69, 9.17) is 32.7 Å². The Morgan fingerprint density at radius 3 is 2.53 bits per heavy atom. The van der Waals surface area contributed by atoms with E-state index in [2.05, 4.69) is 12.2 Å². The number of rotatable bonds is 11. The number of hydrogen-bond donors (Lipinski definition) is 2. The molecule has 1 amide bonds. The first kappa shape index (κ1) is 26.5. The fraction of sp³-hybridized carbons (Fsp3) is 0.462. The monoisotopic (exact) mass is 507 g/mol. The summed E-state index contributed by atoms with van der Waals surface area (Å²) in [6.07, 6.45) is 0.689. The predicted molar refractivity (Wildman–Crippen MR) is 132 cm³/mol. The molecule has 184 valence electrons. The normalized spacial score (nSPS) is 22.1. The van der Waals surface area contributed by atoms with E-state index in [0.29, 0.717) is 36.1 Å². The summed E-state index contributed by atoms with van der Waals surface area (Å²) in [6.45, 7) is 3.00. The molecule has 5 atom stereocenters. The topological polar surface area (TPSA) is 84.9 Å². The number of ether oxygens (including phenoxy) is 2. The molecule has 6 nitrogen and oxygen atoms in total. The number of piperidine rings is 1. The summed E-state index contributed by atoms with van der Waals surface area (Å²) in [6, 6.07) is 14.9. The summed E-state index contributed by atoms with van der Waals surface area (Å²) in [4.78, 5) is 24.2. The zero-order valence-corrected chi connectivity index (χ0v) is 20.9. The van der Waals surface area contributed by atoms with Crippen molar-refractivity contribution in [2.45, 2.75) is 44.2 Å². The van der Waals surface area contributed by atoms with Gasteiger partial charge < -0.3 is 19.9 Å². The van der Waals surface area contributed by atoms with Gasteiger partial charge in [0.05, 0.1) is 25.7 Å². The lowest BCUT2D eigenvalue weighted by atomic mass is 9.73. The molecule has 0 aromatic heterocycles. The standard InChI is InChI=1S/C26H31Cl2NO5/c1-16(12-23(34-11-10-33-2)17-6-8-20(27)9-7-17)25-22(18-4-3-5-21(28)13-18)14-19(15-24(30)31)26(32)29-25/h3-9,13,16,19,22-23,25H,10-12,14-15H2,1-2H3,(H,29,32)(H,30,31)/t16?,19-,22-,23+,25+/m1/s1. The summed E-state index contributed by atoms with van der Waals surface area (Å²) < 4.78 is 11.3. The van der Waals surface area contributed by atoms with Crippen molar-refractivity contribution in [3.8, 4) is 0 Å². The van der Waals surface area contributed by atoms with Gasteiger partial charge in [-0.1, -0.05) is 54.4 Å². The summed E-state index contributed by atoms with van der Waals surface area (Å²) in [5.41, 5.74) is 1.99. The summed E-state index contributed by atoms with van der Waals surface area (Å²) in [7, 11) is 1.63. The van der Waals surface area contributed by atoms with Crippen LogP contribution in [0.1, 0.15) is 49.3 Å². The van der Waals surface area contributed by atoms with Gasteiger partial charge in [0.1, 0.15) is 0 Å². The van der Waals surface area contributed by atoms with E-state index in [1.165, 1.54) is 0 Å². The number of carbonyl (C=O) groups is 2. The van der Waals surface area contributed by atoms with Gasteiger partial charge in [-0.05, 0) is 54.2 Å². The average Bonchev–Trinajstić information content (AvgIpc) is 2.80. The van der Waals surface area contributed by atoms with Gasteiger partial charge in [0.2, 0.25) is 5.91 Å². The van der Waals surface area contributed by atoms with Gasteiger partial charge in [0.15, 0.2) is 0 Å². The minimum absolute atomic E-state index is 0.0296. The number of carbonyl (C=O) groups excluding carboxylic acids is 1. The third kappa shape index (κ3) is 7.19. The Bertz CT molecular complexity index is 968. The Labute approximate surface area is 210 Å². The maximum absolute atomic E-state index is 12.8. The van der Waals surface area contributed by atoms with Crippen molar-refractivity contribution in [3.05, 3.63) is 69.7 Å². The second-order valence-electron chi connectivity index (χ2n) is 8.84. The maximum Gasteiger partial charge on any atom is 0.304 e. The lowest BCUT2D eigenvalue weighted by molar-refractivity contribution is -0.142. The molecule has 1 unspecified atom stereocenters. The lowest BCUT2D eigenvalue weighted by Gasteiger charge is -2.40. The van der Waals surface area contributed by atoms with Gasteiger partial charge in [-0.2, -0.15) is 0 Å². The molecule has 1 aliphatic rings. The van der Waals surface area contributed by atoms with Crippen LogP contribution in [0.25, 0.3) is 0 Å². The highest BCUT2D eigenvalue weighted by Crippen LogP contribution is 2.39. The van der Waals surface area contributed by atoms with Gasteiger partial charge in [-0.3, -0.25) is 9.59 Å². The molecule has 1 saturated heterocycles. The fourth-order valence-electron chi connectivity index (χ4n) is 4.68. The molecule has 0 bridgehead atoms. The third-order valence-corrected chi connectivity index (χ3v) is 6.88. The lowest BCUT2D eigenvalue weighted by Crippen LogP contribution is -2.52. The van der Waals surface area contributed by atoms with Crippen LogP contribution in [0.3, 0.4) is 0 Å². The smallest absolute Gasteiger partial charge is 0.304 e. The molecule has 1 fully saturated rings. The molecule has 2 N–H and O–H groups in total. The van der Waals surface area contributed by atoms with Gasteiger partial charge in [-0.25, -0.2) is 0 Å². The van der Waals surface area contributed by atoms with Crippen LogP contribution >= 0.6 is 23.2 Å². The first-order valence-electron chi connectivity index (χ1n) is 11.4. The van der Waals surface area contributed by atoms with Crippen LogP contribution in [-0.2, 0) is 19.1 Å². The number of carboxylic acid groups (broad SMARTS) is 1. The first-order valence-corrected chi connectivity index (χ1v) is 12.2. The number of aliphatic carboxylic acids is 1. The van der Waals surface area contributed by atoms with Crippen LogP contribution < -0.4 is 5.32 Å². The van der Waals surface area contributed by atoms with Crippen molar-refractivity contribution in [1.29, 1.82) is 0 Å². The second-order valence-corrected chi connectivity index (χ2v) is 9.72. The largest absolute Gasteiger partial charge is 0.481 e. The van der Waals surface area contributed by atoms with Gasteiger partial charge >= 0.3 is 5.97 Å². The predicted octanol–water partition coefficient (Wildman–Crippen LogP) is 5.49. The van der Waals surface area contributed by atoms with Crippen LogP contribution in [0.2, 0.25) is 10.0 Å². The van der Waals surface area contributed by atoms with Crippen molar-refractivity contribution in [2.24, 2.45) is 11.8 Å². The Morgan fingerprint density at radius 2 is 1.88 bits per heavy atom. The van der Waals surface area contributed by atoms with E-state index in [0.717, 1.165) is 11.1 Å². The Morgan fingerprint density at radius 1 is 1.15 bits per heavy atom. The summed E-state index contributed by atoms with van der Waals surface area (Å²) >= 11 is 12.3. The Hall–Kier alpha value is -2.12. The number of halogens is 2. The molecule has 0 aliphatic carbocycles. The molecule has 3 rings (SSSR count). The molecule has 34 heavy (non-hydrogen) atoms. The van der Waals surface area contributed by atoms with E-state index < -0.39 is 11.9 Å². The molecule has 0 spiro atoms. The molecule has 2 aromatic carbocycles. The Balaban J connectivity index is 1.85. The van der Waals surface area contributed by atoms with Crippen LogP contribution in [0.4, 0.5) is 0 Å². The Kier molecular flexibility index (Phi) is 9.77. The molecule has 2 aromatic rings. The molecule has 8 heteroatoms. The number of nitrogens with one attached hydrogen (secondary N) is 1. The van der Waals surface area contributed by atoms with Crippen LogP contribution in [-0.4, -0.2) is 43.3 Å². The average molecular weight is 508 g/mol. The van der Waals surface area contributed by atoms with Crippen molar-refractivity contribution < 1.29 is 24.2 Å². The molecular weight excluding hydrogens is 477 g/mol. The third-order valence-electron chi connectivity index (χ3n) is 6.40. The van der Waals surface area contributed by atoms with Crippen LogP contribution in [0.15, 0.2) is 48.5 Å². The van der Waals surface area contributed by atoms with E-state index in [1.807, 2.05) is 42.5 Å². The number of hydrogen-bond acceptors (Lipinski definition) is 4. The van der Waals surface area contributed by atoms with E-state index in [-0.39, 0.29) is 36.3 Å². The SMILES string of the molecule is COCCO[C@@H](CC(C)[C@@H]1NC(=O)[C@@H](CC(=O)O)C[C@@H]1c1cccc(Cl)c1)c1ccc(Cl)cc1. The van der Waals surface area contributed by atoms with Gasteiger partial charge in [0, 0.05) is 35.0 Å². The number of carboxylic acids is 1. The number of amides is 1. The van der Waals surface area contributed by atoms with E-state index in [1.54, 1.807) is 13.2 Å². The first-order chi connectivity index (χ1) is 16.3. The molecule has 0 saturated carbocycles. The minimum atomic E-state index is -0.981. The summed E-state index contributed by atoms with van der Waals surface area (Å²) in [5, 5.41) is 13.7. The quantitative estimate of drug-likeness (QED) is 0.393. The molecule has 1 aliphatic heterocycles. The fourth-order valence-corrected chi connectivity index (χ4v) is 5.01. The van der Waals surface area contributed by atoms with Crippen LogP contribution in [0.5, 0.6) is 0 Å². The van der Waals surface area contributed by atoms with Crippen molar-refractivity contribution in [3.63, 3.8) is 0 Å². The molecule has 1 heterocycles. The van der Waals surface area contributed by atoms with E-state index >= 15 is 0 Å². The van der Waals surface area contributed by atoms with Gasteiger partial charge in [0.25, 0.3) is 0 Å². The zero-order chi connectivity index (χ0) is 24.7. The van der Waals surface area contributed by atoms with Gasteiger partial charge in [-0.15, -0.1) is 0 Å². The highest BCUT2D eigenvalue weighted by atomic mass is 35.5. The van der Waals surface area contributed by atoms with Crippen molar-refractivity contribution in [1.82, 2.24) is 5.32 Å². The second kappa shape index (κ2) is 12.5. The zero-order valence-electron chi connectivity index (χ0n) is 19.4. The molecular formula is C26H31Cl2NO5. The summed E-state index contributed by atoms with van der Waals surface area (Å²) in [5.74, 6) is -1.83. The minimum Gasteiger partial charge on any atom is -0.481 e. The maximum atomic E-state index is 12.8. The number of benzene rings is 2. The van der Waals surface area contributed by atoms with Crippen molar-refractivity contribution in [2.75, 3.05) is 20.3 Å². The highest BCUT2D eigenvalue weighted by molar-refractivity contribution is 6.30. The number of methoxy groups -OCH3 is 1. The molecule has 0 radical (unpaired) electrons. The van der Waals surface area contributed by atoms with E-state index in [9.17, 15) is 14.7 Å².